The molecule has 1 heterocycles. The molecule has 1 aromatic heterocycles. The highest BCUT2D eigenvalue weighted by Crippen LogP contribution is 2.27. The van der Waals surface area contributed by atoms with Crippen LogP contribution in [0.15, 0.2) is 24.7 Å². The summed E-state index contributed by atoms with van der Waals surface area (Å²) in [6.45, 7) is 0. The molecule has 2 rings (SSSR count). The average molecular weight is 178 g/mol. The van der Waals surface area contributed by atoms with Crippen molar-refractivity contribution < 1.29 is 14.9 Å². The summed E-state index contributed by atoms with van der Waals surface area (Å²) in [6, 6.07) is 2.48. The number of benzene rings is 1. The Morgan fingerprint density at radius 1 is 1.23 bits per heavy atom. The van der Waals surface area contributed by atoms with E-state index in [4.69, 9.17) is 10.2 Å². The van der Waals surface area contributed by atoms with Crippen LogP contribution < -0.4 is 4.73 Å². The molecule has 0 unspecified atom stereocenters. The highest BCUT2D eigenvalue weighted by Gasteiger charge is 2.06. The standard InChI is InChI=1S/C8H6N2O3/c11-7-1-5-3-9-4-10(13)6(5)2-8(7)12/h1-4,11-12H. The number of phenols is 2. The Bertz CT molecular complexity index is 470. The van der Waals surface area contributed by atoms with Gasteiger partial charge >= 0.3 is 0 Å². The summed E-state index contributed by atoms with van der Waals surface area (Å²) >= 11 is 0. The summed E-state index contributed by atoms with van der Waals surface area (Å²) in [5, 5.41) is 29.8. The van der Waals surface area contributed by atoms with Crippen LogP contribution in [-0.2, 0) is 0 Å². The van der Waals surface area contributed by atoms with Gasteiger partial charge in [0.1, 0.15) is 5.52 Å². The molecule has 0 amide bonds. The van der Waals surface area contributed by atoms with E-state index < -0.39 is 0 Å². The average Bonchev–Trinajstić information content (AvgIpc) is 2.09. The zero-order valence-electron chi connectivity index (χ0n) is 6.51. The minimum absolute atomic E-state index is 0.263. The first kappa shape index (κ1) is 7.60. The molecule has 0 bridgehead atoms. The molecule has 5 nitrogen and oxygen atoms in total. The monoisotopic (exact) mass is 178 g/mol. The van der Waals surface area contributed by atoms with Crippen molar-refractivity contribution in [2.75, 3.05) is 0 Å². The smallest absolute Gasteiger partial charge is 0.289 e. The predicted molar refractivity (Wildman–Crippen MR) is 44.0 cm³/mol. The van der Waals surface area contributed by atoms with Crippen molar-refractivity contribution >= 4 is 10.9 Å². The maximum absolute atomic E-state index is 11.1. The molecule has 0 atom stereocenters. The first-order valence-electron chi connectivity index (χ1n) is 3.57. The second-order valence-corrected chi connectivity index (χ2v) is 2.62. The second-order valence-electron chi connectivity index (χ2n) is 2.62. The van der Waals surface area contributed by atoms with Crippen LogP contribution in [0, 0.1) is 5.21 Å². The lowest BCUT2D eigenvalue weighted by Gasteiger charge is -2.04. The van der Waals surface area contributed by atoms with Gasteiger partial charge in [0.25, 0.3) is 6.33 Å². The van der Waals surface area contributed by atoms with Gasteiger partial charge in [0, 0.05) is 6.07 Å². The van der Waals surface area contributed by atoms with Gasteiger partial charge in [-0.25, -0.2) is 4.73 Å². The van der Waals surface area contributed by atoms with Gasteiger partial charge in [-0.1, -0.05) is 4.98 Å². The highest BCUT2D eigenvalue weighted by atomic mass is 16.5. The molecule has 0 aliphatic carbocycles. The van der Waals surface area contributed by atoms with Gasteiger partial charge in [0.05, 0.1) is 5.39 Å². The zero-order valence-corrected chi connectivity index (χ0v) is 6.51. The van der Waals surface area contributed by atoms with Crippen LogP contribution in [0.1, 0.15) is 0 Å². The summed E-state index contributed by atoms with van der Waals surface area (Å²) in [5.74, 6) is -0.580. The van der Waals surface area contributed by atoms with Gasteiger partial charge in [-0.3, -0.25) is 0 Å². The first-order chi connectivity index (χ1) is 6.18. The number of fused-ring (bicyclic) bond motifs is 1. The fourth-order valence-electron chi connectivity index (χ4n) is 1.11. The van der Waals surface area contributed by atoms with Crippen LogP contribution in [0.3, 0.4) is 0 Å². The molecule has 0 aliphatic heterocycles. The van der Waals surface area contributed by atoms with Crippen LogP contribution in [0.5, 0.6) is 11.5 Å². The topological polar surface area (TPSA) is 80.3 Å². The molecule has 0 saturated carbocycles. The summed E-state index contributed by atoms with van der Waals surface area (Å²) in [7, 11) is 0. The number of aromatic hydroxyl groups is 2. The van der Waals surface area contributed by atoms with Gasteiger partial charge in [0.15, 0.2) is 17.7 Å². The molecule has 5 heteroatoms. The number of phenolic OH excluding ortho intramolecular Hbond substituents is 2. The van der Waals surface area contributed by atoms with E-state index >= 15 is 0 Å². The first-order valence-corrected chi connectivity index (χ1v) is 3.57. The van der Waals surface area contributed by atoms with Gasteiger partial charge < -0.3 is 15.4 Å². The van der Waals surface area contributed by atoms with Crippen molar-refractivity contribution in [3.8, 4) is 11.5 Å². The molecular weight excluding hydrogens is 172 g/mol. The Kier molecular flexibility index (Phi) is 1.45. The number of hydrogen-bond donors (Lipinski definition) is 2. The maximum atomic E-state index is 11.1. The maximum Gasteiger partial charge on any atom is 0.289 e. The lowest BCUT2D eigenvalue weighted by Crippen LogP contribution is -2.26. The third-order valence-corrected chi connectivity index (χ3v) is 1.75. The molecule has 1 aromatic carbocycles. The van der Waals surface area contributed by atoms with Crippen molar-refractivity contribution in [3.05, 3.63) is 29.9 Å². The molecule has 0 aliphatic rings. The molecule has 0 saturated heterocycles. The van der Waals surface area contributed by atoms with E-state index in [0.717, 1.165) is 6.33 Å². The van der Waals surface area contributed by atoms with Crippen LogP contribution in [0.2, 0.25) is 0 Å². The lowest BCUT2D eigenvalue weighted by atomic mass is 10.2. The Hall–Kier alpha value is -2.04. The largest absolute Gasteiger partial charge is 0.710 e. The van der Waals surface area contributed by atoms with E-state index in [0.29, 0.717) is 10.1 Å². The Labute approximate surface area is 73.1 Å². The van der Waals surface area contributed by atoms with E-state index in [1.54, 1.807) is 0 Å². The molecule has 66 valence electrons. The molecule has 2 N–H and O–H groups in total. The van der Waals surface area contributed by atoms with E-state index in [2.05, 4.69) is 4.98 Å². The van der Waals surface area contributed by atoms with Crippen molar-refractivity contribution in [3.63, 3.8) is 0 Å². The normalized spacial score (nSPS) is 10.5. The highest BCUT2D eigenvalue weighted by molar-refractivity contribution is 5.78. The number of aromatic nitrogens is 2. The van der Waals surface area contributed by atoms with Crippen molar-refractivity contribution in [2.24, 2.45) is 0 Å². The zero-order chi connectivity index (χ0) is 9.42. The van der Waals surface area contributed by atoms with Crippen LogP contribution in [0.25, 0.3) is 10.9 Å². The van der Waals surface area contributed by atoms with Gasteiger partial charge in [0.2, 0.25) is 0 Å². The van der Waals surface area contributed by atoms with Crippen molar-refractivity contribution in [2.45, 2.75) is 0 Å². The van der Waals surface area contributed by atoms with Crippen molar-refractivity contribution in [1.29, 1.82) is 0 Å². The Morgan fingerprint density at radius 3 is 2.69 bits per heavy atom. The van der Waals surface area contributed by atoms with E-state index in [-0.39, 0.29) is 17.0 Å². The van der Waals surface area contributed by atoms with Crippen LogP contribution in [0.4, 0.5) is 0 Å². The minimum Gasteiger partial charge on any atom is -0.710 e. The molecular formula is C8H6N2O3. The van der Waals surface area contributed by atoms with Gasteiger partial charge in [-0.15, -0.1) is 0 Å². The minimum atomic E-state index is -0.316. The number of nitrogens with zero attached hydrogens (tertiary/aromatic N) is 2. The third kappa shape index (κ3) is 1.10. The van der Waals surface area contributed by atoms with Crippen LogP contribution in [-0.4, -0.2) is 15.2 Å². The quantitative estimate of drug-likeness (QED) is 0.345. The lowest BCUT2D eigenvalue weighted by molar-refractivity contribution is -0.580. The van der Waals surface area contributed by atoms with E-state index in [1.807, 2.05) is 0 Å². The SMILES string of the molecule is [O-][n+]1cncc2cc(O)c(O)cc21. The second kappa shape index (κ2) is 2.48. The predicted octanol–water partition coefficient (Wildman–Crippen LogP) is 0.279. The van der Waals surface area contributed by atoms with Crippen LogP contribution >= 0.6 is 0 Å². The Balaban J connectivity index is 2.89. The van der Waals surface area contributed by atoms with Gasteiger partial charge in [-0.2, -0.15) is 0 Å². The number of rotatable bonds is 0. The summed E-state index contributed by atoms with van der Waals surface area (Å²) in [4.78, 5) is 3.64. The van der Waals surface area contributed by atoms with Crippen molar-refractivity contribution in [1.82, 2.24) is 4.98 Å². The third-order valence-electron chi connectivity index (χ3n) is 1.75. The molecule has 0 spiro atoms. The molecule has 13 heavy (non-hydrogen) atoms. The number of hydrogen-bond acceptors (Lipinski definition) is 4. The van der Waals surface area contributed by atoms with E-state index in [1.165, 1.54) is 18.3 Å². The molecule has 0 radical (unpaired) electrons. The fourth-order valence-corrected chi connectivity index (χ4v) is 1.11. The summed E-state index contributed by atoms with van der Waals surface area (Å²) in [5.41, 5.74) is 0.269. The van der Waals surface area contributed by atoms with E-state index in [9.17, 15) is 5.21 Å². The molecule has 2 aromatic rings. The van der Waals surface area contributed by atoms with Gasteiger partial charge in [-0.05, 0) is 6.07 Å². The molecule has 0 fully saturated rings. The summed E-state index contributed by atoms with van der Waals surface area (Å²) < 4.78 is 0.522. The Morgan fingerprint density at radius 2 is 1.92 bits per heavy atom. The summed E-state index contributed by atoms with van der Waals surface area (Å²) in [6.07, 6.45) is 2.52. The fraction of sp³-hybridized carbons (Fsp3) is 0.